The number of rotatable bonds is 5. The molecule has 0 bridgehead atoms. The van der Waals surface area contributed by atoms with Gasteiger partial charge in [0.05, 0.1) is 11.4 Å². The van der Waals surface area contributed by atoms with Crippen LogP contribution in [-0.4, -0.2) is 14.2 Å². The second-order valence-electron chi connectivity index (χ2n) is 3.98. The van der Waals surface area contributed by atoms with Crippen LogP contribution in [0.25, 0.3) is 0 Å². The minimum Gasteiger partial charge on any atom is -0.398 e. The van der Waals surface area contributed by atoms with Crippen LogP contribution in [0, 0.1) is 0 Å². The van der Waals surface area contributed by atoms with Crippen molar-refractivity contribution in [2.75, 3.05) is 11.1 Å². The SMILES string of the molecule is Nc1ccsc1CNc1ccc(S(=O)(=O)C(F)F)cc1. The topological polar surface area (TPSA) is 72.2 Å². The number of hydrogen-bond donors (Lipinski definition) is 2. The van der Waals surface area contributed by atoms with E-state index in [1.54, 1.807) is 6.07 Å². The largest absolute Gasteiger partial charge is 0.398 e. The van der Waals surface area contributed by atoms with Crippen molar-refractivity contribution in [3.8, 4) is 0 Å². The fourth-order valence-corrected chi connectivity index (χ4v) is 3.00. The summed E-state index contributed by atoms with van der Waals surface area (Å²) >= 11 is 1.50. The third kappa shape index (κ3) is 3.07. The molecule has 1 heterocycles. The highest BCUT2D eigenvalue weighted by Crippen LogP contribution is 2.22. The number of nitrogen functional groups attached to an aromatic ring is 1. The molecule has 0 aliphatic carbocycles. The first kappa shape index (κ1) is 14.7. The highest BCUT2D eigenvalue weighted by atomic mass is 32.2. The number of nitrogens with two attached hydrogens (primary N) is 1. The quantitative estimate of drug-likeness (QED) is 0.889. The zero-order valence-corrected chi connectivity index (χ0v) is 11.8. The maximum atomic E-state index is 12.4. The Labute approximate surface area is 119 Å². The number of anilines is 2. The van der Waals surface area contributed by atoms with Gasteiger partial charge in [-0.3, -0.25) is 0 Å². The van der Waals surface area contributed by atoms with Gasteiger partial charge in [-0.1, -0.05) is 0 Å². The molecular weight excluding hydrogens is 306 g/mol. The predicted octanol–water partition coefficient (Wildman–Crippen LogP) is 2.94. The van der Waals surface area contributed by atoms with Crippen molar-refractivity contribution in [1.82, 2.24) is 0 Å². The van der Waals surface area contributed by atoms with Gasteiger partial charge in [0.1, 0.15) is 0 Å². The molecular formula is C12H12F2N2O2S2. The molecule has 3 N–H and O–H groups in total. The fourth-order valence-electron chi connectivity index (χ4n) is 1.54. The van der Waals surface area contributed by atoms with Crippen molar-refractivity contribution >= 4 is 32.5 Å². The standard InChI is InChI=1S/C12H12F2N2O2S2/c13-12(14)20(17,18)9-3-1-8(2-4-9)16-7-11-10(15)5-6-19-11/h1-6,12,16H,7,15H2. The Hall–Kier alpha value is -1.67. The van der Waals surface area contributed by atoms with Crippen LogP contribution in [0.4, 0.5) is 20.2 Å². The molecule has 0 unspecified atom stereocenters. The lowest BCUT2D eigenvalue weighted by Crippen LogP contribution is -2.11. The zero-order valence-electron chi connectivity index (χ0n) is 10.2. The van der Waals surface area contributed by atoms with Crippen LogP contribution in [0.15, 0.2) is 40.6 Å². The molecule has 1 aromatic heterocycles. The fraction of sp³-hybridized carbons (Fsp3) is 0.167. The van der Waals surface area contributed by atoms with Crippen LogP contribution in [0.3, 0.4) is 0 Å². The van der Waals surface area contributed by atoms with Gasteiger partial charge in [0, 0.05) is 16.3 Å². The van der Waals surface area contributed by atoms with Crippen molar-refractivity contribution in [1.29, 1.82) is 0 Å². The molecule has 0 saturated heterocycles. The summed E-state index contributed by atoms with van der Waals surface area (Å²) in [5, 5.41) is 4.91. The molecule has 0 aliphatic rings. The number of nitrogens with one attached hydrogen (secondary N) is 1. The summed E-state index contributed by atoms with van der Waals surface area (Å²) in [5.74, 6) is -3.41. The second-order valence-corrected chi connectivity index (χ2v) is 6.90. The summed E-state index contributed by atoms with van der Waals surface area (Å²) in [6, 6.07) is 6.99. The van der Waals surface area contributed by atoms with E-state index in [4.69, 9.17) is 5.73 Å². The first-order valence-corrected chi connectivity index (χ1v) is 8.01. The molecule has 1 aromatic carbocycles. The second kappa shape index (κ2) is 5.76. The van der Waals surface area contributed by atoms with Gasteiger partial charge in [-0.25, -0.2) is 8.42 Å². The van der Waals surface area contributed by atoms with E-state index in [0.717, 1.165) is 17.0 Å². The van der Waals surface area contributed by atoms with Crippen LogP contribution in [0.1, 0.15) is 4.88 Å². The van der Waals surface area contributed by atoms with Gasteiger partial charge < -0.3 is 11.1 Å². The van der Waals surface area contributed by atoms with E-state index in [-0.39, 0.29) is 0 Å². The van der Waals surface area contributed by atoms with Crippen LogP contribution in [-0.2, 0) is 16.4 Å². The molecule has 0 spiro atoms. The van der Waals surface area contributed by atoms with Crippen LogP contribution < -0.4 is 11.1 Å². The van der Waals surface area contributed by atoms with Gasteiger partial charge in [-0.2, -0.15) is 8.78 Å². The average Bonchev–Trinajstić information content (AvgIpc) is 2.82. The van der Waals surface area contributed by atoms with E-state index in [0.29, 0.717) is 17.9 Å². The Morgan fingerprint density at radius 1 is 1.20 bits per heavy atom. The molecule has 0 radical (unpaired) electrons. The van der Waals surface area contributed by atoms with Gasteiger partial charge in [0.25, 0.3) is 0 Å². The minimum atomic E-state index is -4.54. The van der Waals surface area contributed by atoms with Crippen molar-refractivity contribution < 1.29 is 17.2 Å². The summed E-state index contributed by atoms with van der Waals surface area (Å²) in [6.45, 7) is 0.491. The average molecular weight is 318 g/mol. The lowest BCUT2D eigenvalue weighted by Gasteiger charge is -2.07. The van der Waals surface area contributed by atoms with E-state index < -0.39 is 20.5 Å². The monoisotopic (exact) mass is 318 g/mol. The van der Waals surface area contributed by atoms with Gasteiger partial charge >= 0.3 is 5.76 Å². The Morgan fingerprint density at radius 2 is 1.85 bits per heavy atom. The smallest absolute Gasteiger partial charge is 0.341 e. The first-order valence-electron chi connectivity index (χ1n) is 5.59. The third-order valence-corrected chi connectivity index (χ3v) is 4.99. The molecule has 20 heavy (non-hydrogen) atoms. The number of thiophene rings is 1. The van der Waals surface area contributed by atoms with Crippen molar-refractivity contribution in [2.45, 2.75) is 17.2 Å². The first-order chi connectivity index (χ1) is 9.41. The van der Waals surface area contributed by atoms with E-state index in [1.165, 1.54) is 23.5 Å². The number of alkyl halides is 2. The zero-order chi connectivity index (χ0) is 14.8. The van der Waals surface area contributed by atoms with Gasteiger partial charge in [-0.15, -0.1) is 11.3 Å². The van der Waals surface area contributed by atoms with E-state index in [1.807, 2.05) is 5.38 Å². The number of benzene rings is 1. The Balaban J connectivity index is 2.08. The molecule has 4 nitrogen and oxygen atoms in total. The molecule has 2 rings (SSSR count). The van der Waals surface area contributed by atoms with Crippen molar-refractivity contribution in [3.63, 3.8) is 0 Å². The van der Waals surface area contributed by atoms with E-state index >= 15 is 0 Å². The molecule has 0 aliphatic heterocycles. The molecule has 108 valence electrons. The summed E-state index contributed by atoms with van der Waals surface area (Å²) in [4.78, 5) is 0.558. The Bertz CT molecular complexity index is 682. The maximum Gasteiger partial charge on any atom is 0.341 e. The normalized spacial score (nSPS) is 11.8. The van der Waals surface area contributed by atoms with Crippen LogP contribution in [0.2, 0.25) is 0 Å². The van der Waals surface area contributed by atoms with Crippen LogP contribution >= 0.6 is 11.3 Å². The number of hydrogen-bond acceptors (Lipinski definition) is 5. The Kier molecular flexibility index (Phi) is 4.24. The van der Waals surface area contributed by atoms with E-state index in [9.17, 15) is 17.2 Å². The van der Waals surface area contributed by atoms with Gasteiger partial charge in [-0.05, 0) is 35.7 Å². The summed E-state index contributed by atoms with van der Waals surface area (Å²) in [7, 11) is -4.54. The van der Waals surface area contributed by atoms with Crippen molar-refractivity contribution in [2.24, 2.45) is 0 Å². The highest BCUT2D eigenvalue weighted by molar-refractivity contribution is 7.91. The molecule has 8 heteroatoms. The highest BCUT2D eigenvalue weighted by Gasteiger charge is 2.26. The molecule has 0 fully saturated rings. The van der Waals surface area contributed by atoms with Gasteiger partial charge in [0.15, 0.2) is 0 Å². The van der Waals surface area contributed by atoms with Gasteiger partial charge in [0.2, 0.25) is 9.84 Å². The summed E-state index contributed by atoms with van der Waals surface area (Å²) in [5.41, 5.74) is 7.04. The lowest BCUT2D eigenvalue weighted by atomic mass is 10.3. The molecule has 0 amide bonds. The molecule has 0 atom stereocenters. The Morgan fingerprint density at radius 3 is 2.35 bits per heavy atom. The minimum absolute atomic E-state index is 0.395. The van der Waals surface area contributed by atoms with E-state index in [2.05, 4.69) is 5.32 Å². The predicted molar refractivity (Wildman–Crippen MR) is 75.7 cm³/mol. The van der Waals surface area contributed by atoms with Crippen LogP contribution in [0.5, 0.6) is 0 Å². The molecule has 2 aromatic rings. The van der Waals surface area contributed by atoms with Crippen molar-refractivity contribution in [3.05, 3.63) is 40.6 Å². The summed E-state index contributed by atoms with van der Waals surface area (Å²) in [6.07, 6.45) is 0. The lowest BCUT2D eigenvalue weighted by molar-refractivity contribution is 0.234. The number of halogens is 2. The third-order valence-electron chi connectivity index (χ3n) is 2.65. The maximum absolute atomic E-state index is 12.4. The number of sulfone groups is 1. The summed E-state index contributed by atoms with van der Waals surface area (Å²) < 4.78 is 47.2. The molecule has 0 saturated carbocycles.